The van der Waals surface area contributed by atoms with Crippen LogP contribution in [0, 0.1) is 17.0 Å². The minimum atomic E-state index is -0.767. The highest BCUT2D eigenvalue weighted by Crippen LogP contribution is 2.37. The molecule has 13 nitrogen and oxygen atoms in total. The topological polar surface area (TPSA) is 156 Å². The number of rotatable bonds is 14. The Balaban J connectivity index is 1.38. The van der Waals surface area contributed by atoms with E-state index in [9.17, 15) is 28.0 Å². The fourth-order valence-electron chi connectivity index (χ4n) is 8.39. The number of H-pyrrole nitrogens is 1. The Kier molecular flexibility index (Phi) is 12.9. The summed E-state index contributed by atoms with van der Waals surface area (Å²) >= 11 is 0. The van der Waals surface area contributed by atoms with Gasteiger partial charge in [-0.2, -0.15) is 0 Å². The summed E-state index contributed by atoms with van der Waals surface area (Å²) in [5.41, 5.74) is 2.55. The number of nitrogens with one attached hydrogen (secondary N) is 5. The van der Waals surface area contributed by atoms with Crippen LogP contribution in [0.3, 0.4) is 0 Å². The standard InChI is InChI=1S/C43H59F2N9O4/c1-9-32(50-39(55)24(2)46-7)41(57)53-19-11-13-29(53)23-54-35-17-15-27(45)21-34(35)49-38(54)36-31(30-16-14-26(44)20-33(30)48-36)22-28-12-10-18-52(28)42(58)37(43(4,5)6)51-40(56)25(3)47-8/h14-17,20-21,24-25,28-29,32,37,46-48H,9-13,18-19,22-23H2,1-8H3,(H,50,55)(H,51,56). The molecule has 58 heavy (non-hydrogen) atoms. The van der Waals surface area contributed by atoms with Gasteiger partial charge in [-0.15, -0.1) is 0 Å². The molecule has 314 valence electrons. The number of aromatic nitrogens is 3. The lowest BCUT2D eigenvalue weighted by molar-refractivity contribution is -0.140. The van der Waals surface area contributed by atoms with Gasteiger partial charge in [-0.05, 0) is 108 Å². The van der Waals surface area contributed by atoms with Gasteiger partial charge in [0, 0.05) is 48.7 Å². The fraction of sp³-hybridized carbons (Fsp3) is 0.558. The van der Waals surface area contributed by atoms with Crippen molar-refractivity contribution in [3.8, 4) is 11.5 Å². The van der Waals surface area contributed by atoms with E-state index in [-0.39, 0.29) is 35.7 Å². The van der Waals surface area contributed by atoms with Crippen molar-refractivity contribution in [1.29, 1.82) is 0 Å². The van der Waals surface area contributed by atoms with Gasteiger partial charge < -0.3 is 40.6 Å². The second-order valence-corrected chi connectivity index (χ2v) is 17.0. The Morgan fingerprint density at radius 2 is 1.47 bits per heavy atom. The van der Waals surface area contributed by atoms with E-state index in [1.807, 2.05) is 42.1 Å². The molecular formula is C43H59F2N9O4. The molecule has 2 aliphatic heterocycles. The summed E-state index contributed by atoms with van der Waals surface area (Å²) in [6.45, 7) is 12.6. The monoisotopic (exact) mass is 803 g/mol. The Bertz CT molecular complexity index is 2160. The van der Waals surface area contributed by atoms with Gasteiger partial charge in [0.1, 0.15) is 23.7 Å². The first kappa shape index (κ1) is 42.7. The number of hydrogen-bond acceptors (Lipinski definition) is 7. The summed E-state index contributed by atoms with van der Waals surface area (Å²) in [6.07, 6.45) is 3.83. The number of halogens is 2. The summed E-state index contributed by atoms with van der Waals surface area (Å²) in [4.78, 5) is 66.4. The Morgan fingerprint density at radius 1 is 0.862 bits per heavy atom. The highest BCUT2D eigenvalue weighted by Gasteiger charge is 2.41. The third-order valence-electron chi connectivity index (χ3n) is 12.0. The largest absolute Gasteiger partial charge is 0.352 e. The average Bonchev–Trinajstić information content (AvgIpc) is 4.00. The first-order chi connectivity index (χ1) is 27.6. The zero-order valence-corrected chi connectivity index (χ0v) is 35.0. The van der Waals surface area contributed by atoms with Crippen LogP contribution in [0.25, 0.3) is 33.5 Å². The quantitative estimate of drug-likeness (QED) is 0.125. The third kappa shape index (κ3) is 8.75. The number of benzene rings is 2. The lowest BCUT2D eigenvalue weighted by atomic mass is 9.85. The molecule has 2 saturated heterocycles. The van der Waals surface area contributed by atoms with Crippen LogP contribution in [-0.4, -0.2) is 111 Å². The summed E-state index contributed by atoms with van der Waals surface area (Å²) in [5, 5.41) is 12.6. The molecule has 4 aromatic rings. The van der Waals surface area contributed by atoms with Crippen LogP contribution in [0.5, 0.6) is 0 Å². The normalized spacial score (nSPS) is 19.4. The molecule has 6 unspecified atom stereocenters. The molecular weight excluding hydrogens is 745 g/mol. The molecule has 0 saturated carbocycles. The van der Waals surface area contributed by atoms with E-state index in [1.54, 1.807) is 40.1 Å². The lowest BCUT2D eigenvalue weighted by Crippen LogP contribution is -2.58. The maximum atomic E-state index is 14.8. The number of hydrogen-bond donors (Lipinski definition) is 5. The Hall–Kier alpha value is -4.89. The van der Waals surface area contributed by atoms with Crippen LogP contribution < -0.4 is 21.3 Å². The first-order valence-corrected chi connectivity index (χ1v) is 20.6. The molecule has 2 fully saturated rings. The van der Waals surface area contributed by atoms with Crippen molar-refractivity contribution in [2.24, 2.45) is 5.41 Å². The number of amides is 4. The number of likely N-dealkylation sites (N-methyl/N-ethyl adjacent to an activating group) is 2. The number of imidazole rings is 1. The zero-order valence-electron chi connectivity index (χ0n) is 35.0. The molecule has 6 atom stereocenters. The van der Waals surface area contributed by atoms with E-state index >= 15 is 0 Å². The smallest absolute Gasteiger partial charge is 0.245 e. The summed E-state index contributed by atoms with van der Waals surface area (Å²) < 4.78 is 31.6. The minimum Gasteiger partial charge on any atom is -0.352 e. The molecule has 2 aromatic heterocycles. The molecule has 0 aliphatic carbocycles. The number of likely N-dealkylation sites (tertiary alicyclic amines) is 2. The van der Waals surface area contributed by atoms with E-state index in [0.717, 1.165) is 30.2 Å². The van der Waals surface area contributed by atoms with E-state index in [2.05, 4.69) is 26.3 Å². The van der Waals surface area contributed by atoms with Crippen LogP contribution in [0.2, 0.25) is 0 Å². The van der Waals surface area contributed by atoms with E-state index < -0.39 is 41.2 Å². The first-order valence-electron chi connectivity index (χ1n) is 20.6. The number of carbonyl (C=O) groups is 4. The fourth-order valence-corrected chi connectivity index (χ4v) is 8.39. The zero-order chi connectivity index (χ0) is 42.1. The van der Waals surface area contributed by atoms with Crippen molar-refractivity contribution < 1.29 is 28.0 Å². The molecule has 4 amide bonds. The number of aromatic amines is 1. The molecule has 2 aliphatic rings. The van der Waals surface area contributed by atoms with Crippen LogP contribution in [0.15, 0.2) is 36.4 Å². The molecule has 6 rings (SSSR count). The molecule has 4 heterocycles. The van der Waals surface area contributed by atoms with Crippen LogP contribution >= 0.6 is 0 Å². The molecule has 0 spiro atoms. The van der Waals surface area contributed by atoms with Crippen molar-refractivity contribution in [2.75, 3.05) is 27.2 Å². The highest BCUT2D eigenvalue weighted by atomic mass is 19.1. The SMILES string of the molecule is CCC(NC(=O)C(C)NC)C(=O)N1CCCC1Cn1c(-c2[nH]c3cc(F)ccc3c2CC2CCCN2C(=O)C(NC(=O)C(C)NC)C(C)(C)C)nc2cc(F)ccc21. The molecule has 15 heteroatoms. The second-order valence-electron chi connectivity index (χ2n) is 17.0. The van der Waals surface area contributed by atoms with E-state index in [1.165, 1.54) is 24.3 Å². The predicted molar refractivity (Wildman–Crippen MR) is 221 cm³/mol. The predicted octanol–water partition coefficient (Wildman–Crippen LogP) is 4.63. The van der Waals surface area contributed by atoms with Crippen molar-refractivity contribution in [3.63, 3.8) is 0 Å². The van der Waals surface area contributed by atoms with E-state index in [4.69, 9.17) is 4.98 Å². The highest BCUT2D eigenvalue weighted by molar-refractivity contribution is 5.93. The van der Waals surface area contributed by atoms with Crippen molar-refractivity contribution in [2.45, 2.75) is 123 Å². The van der Waals surface area contributed by atoms with Gasteiger partial charge in [0.25, 0.3) is 0 Å². The van der Waals surface area contributed by atoms with Gasteiger partial charge in [-0.25, -0.2) is 13.8 Å². The van der Waals surface area contributed by atoms with Gasteiger partial charge in [-0.1, -0.05) is 27.7 Å². The Labute approximate surface area is 339 Å². The number of fused-ring (bicyclic) bond motifs is 2. The maximum absolute atomic E-state index is 14.8. The number of nitrogens with zero attached hydrogens (tertiary/aromatic N) is 4. The maximum Gasteiger partial charge on any atom is 0.245 e. The van der Waals surface area contributed by atoms with Crippen molar-refractivity contribution in [1.82, 2.24) is 45.6 Å². The van der Waals surface area contributed by atoms with Gasteiger partial charge in [0.15, 0.2) is 5.82 Å². The molecule has 0 radical (unpaired) electrons. The summed E-state index contributed by atoms with van der Waals surface area (Å²) in [7, 11) is 3.39. The van der Waals surface area contributed by atoms with Gasteiger partial charge in [0.2, 0.25) is 23.6 Å². The number of carbonyl (C=O) groups excluding carboxylic acids is 4. The molecule has 5 N–H and O–H groups in total. The van der Waals surface area contributed by atoms with Crippen molar-refractivity contribution in [3.05, 3.63) is 53.6 Å². The van der Waals surface area contributed by atoms with Gasteiger partial charge in [0.05, 0.1) is 28.8 Å². The van der Waals surface area contributed by atoms with Gasteiger partial charge in [-0.3, -0.25) is 19.2 Å². The van der Waals surface area contributed by atoms with Crippen LogP contribution in [0.4, 0.5) is 8.78 Å². The summed E-state index contributed by atoms with van der Waals surface area (Å²) in [5.74, 6) is -1.18. The second kappa shape index (κ2) is 17.5. The van der Waals surface area contributed by atoms with Crippen LogP contribution in [0.1, 0.15) is 79.2 Å². The third-order valence-corrected chi connectivity index (χ3v) is 12.0. The summed E-state index contributed by atoms with van der Waals surface area (Å²) in [6, 6.07) is 6.16. The molecule has 2 aromatic carbocycles. The van der Waals surface area contributed by atoms with Crippen LogP contribution in [-0.2, 0) is 32.1 Å². The van der Waals surface area contributed by atoms with E-state index in [0.29, 0.717) is 67.0 Å². The lowest BCUT2D eigenvalue weighted by Gasteiger charge is -2.36. The molecule has 0 bridgehead atoms. The Morgan fingerprint density at radius 3 is 2.10 bits per heavy atom. The minimum absolute atomic E-state index is 0.156. The van der Waals surface area contributed by atoms with Gasteiger partial charge >= 0.3 is 0 Å². The van der Waals surface area contributed by atoms with Crippen molar-refractivity contribution >= 4 is 45.6 Å². The average molecular weight is 804 g/mol.